The molecule has 0 aliphatic heterocycles. The van der Waals surface area contributed by atoms with Gasteiger partial charge in [-0.1, -0.05) is 31.2 Å². The van der Waals surface area contributed by atoms with Crippen LogP contribution in [0, 0.1) is 17.5 Å². The molecule has 1 atom stereocenters. The summed E-state index contributed by atoms with van der Waals surface area (Å²) in [4.78, 5) is 0. The van der Waals surface area contributed by atoms with Crippen molar-refractivity contribution in [3.05, 3.63) is 71.0 Å². The summed E-state index contributed by atoms with van der Waals surface area (Å²) in [6.45, 7) is 3.31. The van der Waals surface area contributed by atoms with Crippen molar-refractivity contribution < 1.29 is 13.2 Å². The van der Waals surface area contributed by atoms with Gasteiger partial charge in [-0.05, 0) is 42.3 Å². The topological polar surface area (TPSA) is 12.0 Å². The molecule has 21 heavy (non-hydrogen) atoms. The summed E-state index contributed by atoms with van der Waals surface area (Å²) in [5.74, 6) is -2.14. The SMILES string of the molecule is CCNCC(Cc1ccc(F)c(F)c1)c1ccccc1F. The van der Waals surface area contributed by atoms with Crippen molar-refractivity contribution in [2.24, 2.45) is 0 Å². The van der Waals surface area contributed by atoms with Gasteiger partial charge in [-0.15, -0.1) is 0 Å². The molecule has 0 bridgehead atoms. The highest BCUT2D eigenvalue weighted by molar-refractivity contribution is 5.26. The van der Waals surface area contributed by atoms with Gasteiger partial charge in [-0.25, -0.2) is 13.2 Å². The van der Waals surface area contributed by atoms with Crippen molar-refractivity contribution in [3.63, 3.8) is 0 Å². The van der Waals surface area contributed by atoms with Gasteiger partial charge in [0.15, 0.2) is 11.6 Å². The molecule has 2 rings (SSSR count). The Morgan fingerprint density at radius 2 is 1.71 bits per heavy atom. The molecular formula is C17H18F3N. The van der Waals surface area contributed by atoms with Crippen LogP contribution in [0.15, 0.2) is 42.5 Å². The largest absolute Gasteiger partial charge is 0.316 e. The van der Waals surface area contributed by atoms with E-state index in [1.54, 1.807) is 18.2 Å². The number of rotatable bonds is 6. The minimum absolute atomic E-state index is 0.129. The van der Waals surface area contributed by atoms with Gasteiger partial charge in [0.25, 0.3) is 0 Å². The smallest absolute Gasteiger partial charge is 0.159 e. The lowest BCUT2D eigenvalue weighted by molar-refractivity contribution is 0.504. The summed E-state index contributed by atoms with van der Waals surface area (Å²) in [5, 5.41) is 3.19. The number of nitrogens with one attached hydrogen (secondary N) is 1. The highest BCUT2D eigenvalue weighted by Gasteiger charge is 2.16. The minimum atomic E-state index is -0.872. The van der Waals surface area contributed by atoms with E-state index in [2.05, 4.69) is 5.32 Å². The molecule has 1 nitrogen and oxygen atoms in total. The first kappa shape index (κ1) is 15.6. The van der Waals surface area contributed by atoms with E-state index in [0.29, 0.717) is 24.1 Å². The lowest BCUT2D eigenvalue weighted by Crippen LogP contribution is -2.23. The number of likely N-dealkylation sites (N-methyl/N-ethyl adjacent to an activating group) is 1. The van der Waals surface area contributed by atoms with Gasteiger partial charge in [-0.3, -0.25) is 0 Å². The zero-order chi connectivity index (χ0) is 15.2. The second-order valence-electron chi connectivity index (χ2n) is 4.98. The maximum absolute atomic E-state index is 14.0. The Kier molecular flexibility index (Phi) is 5.39. The first-order valence-corrected chi connectivity index (χ1v) is 7.01. The third-order valence-electron chi connectivity index (χ3n) is 3.45. The summed E-state index contributed by atoms with van der Waals surface area (Å²) < 4.78 is 40.2. The first-order chi connectivity index (χ1) is 10.1. The molecule has 0 aliphatic carbocycles. The highest BCUT2D eigenvalue weighted by Crippen LogP contribution is 2.24. The maximum atomic E-state index is 14.0. The van der Waals surface area contributed by atoms with Gasteiger partial charge in [0.05, 0.1) is 0 Å². The van der Waals surface area contributed by atoms with Gasteiger partial charge in [-0.2, -0.15) is 0 Å². The fraction of sp³-hybridized carbons (Fsp3) is 0.294. The standard InChI is InChI=1S/C17H18F3N/c1-2-21-11-13(14-5-3-4-6-15(14)18)9-12-7-8-16(19)17(20)10-12/h3-8,10,13,21H,2,9,11H2,1H3. The van der Waals surface area contributed by atoms with Crippen LogP contribution in [0.5, 0.6) is 0 Å². The molecule has 0 saturated heterocycles. The van der Waals surface area contributed by atoms with Crippen LogP contribution in [0.2, 0.25) is 0 Å². The van der Waals surface area contributed by atoms with Crippen LogP contribution in [0.25, 0.3) is 0 Å². The van der Waals surface area contributed by atoms with Crippen LogP contribution in [0.4, 0.5) is 13.2 Å². The molecular weight excluding hydrogens is 275 g/mol. The molecule has 0 amide bonds. The van der Waals surface area contributed by atoms with E-state index in [1.165, 1.54) is 18.2 Å². The van der Waals surface area contributed by atoms with E-state index < -0.39 is 11.6 Å². The van der Waals surface area contributed by atoms with E-state index in [0.717, 1.165) is 12.6 Å². The summed E-state index contributed by atoms with van der Waals surface area (Å²) in [5.41, 5.74) is 1.24. The molecule has 2 aromatic rings. The quantitative estimate of drug-likeness (QED) is 0.847. The first-order valence-electron chi connectivity index (χ1n) is 7.01. The van der Waals surface area contributed by atoms with Crippen molar-refractivity contribution in [2.75, 3.05) is 13.1 Å². The highest BCUT2D eigenvalue weighted by atomic mass is 19.2. The number of halogens is 3. The molecule has 0 aromatic heterocycles. The fourth-order valence-electron chi connectivity index (χ4n) is 2.37. The van der Waals surface area contributed by atoms with E-state index in [1.807, 2.05) is 6.92 Å². The average Bonchev–Trinajstić information content (AvgIpc) is 2.48. The third kappa shape index (κ3) is 4.08. The van der Waals surface area contributed by atoms with Gasteiger partial charge >= 0.3 is 0 Å². The molecule has 2 aromatic carbocycles. The second-order valence-corrected chi connectivity index (χ2v) is 4.98. The summed E-state index contributed by atoms with van der Waals surface area (Å²) in [7, 11) is 0. The summed E-state index contributed by atoms with van der Waals surface area (Å²) >= 11 is 0. The van der Waals surface area contributed by atoms with Crippen molar-refractivity contribution in [1.29, 1.82) is 0 Å². The Bertz CT molecular complexity index is 598. The monoisotopic (exact) mass is 293 g/mol. The molecule has 1 unspecified atom stereocenters. The van der Waals surface area contributed by atoms with Gasteiger partial charge in [0.2, 0.25) is 0 Å². The minimum Gasteiger partial charge on any atom is -0.316 e. The lowest BCUT2D eigenvalue weighted by Gasteiger charge is -2.18. The Labute approximate surface area is 122 Å². The third-order valence-corrected chi connectivity index (χ3v) is 3.45. The van der Waals surface area contributed by atoms with Gasteiger partial charge in [0.1, 0.15) is 5.82 Å². The van der Waals surface area contributed by atoms with Crippen LogP contribution in [0.1, 0.15) is 24.0 Å². The molecule has 0 saturated carbocycles. The van der Waals surface area contributed by atoms with E-state index in [9.17, 15) is 13.2 Å². The van der Waals surface area contributed by atoms with Crippen molar-refractivity contribution in [3.8, 4) is 0 Å². The molecule has 0 fully saturated rings. The molecule has 0 heterocycles. The van der Waals surface area contributed by atoms with Crippen LogP contribution in [0.3, 0.4) is 0 Å². The summed E-state index contributed by atoms with van der Waals surface area (Å²) in [6.07, 6.45) is 0.450. The lowest BCUT2D eigenvalue weighted by atomic mass is 9.91. The van der Waals surface area contributed by atoms with E-state index in [4.69, 9.17) is 0 Å². The zero-order valence-corrected chi connectivity index (χ0v) is 11.9. The maximum Gasteiger partial charge on any atom is 0.159 e. The normalized spacial score (nSPS) is 12.4. The predicted octanol–water partition coefficient (Wildman–Crippen LogP) is 4.04. The molecule has 112 valence electrons. The average molecular weight is 293 g/mol. The Morgan fingerprint density at radius 3 is 2.38 bits per heavy atom. The van der Waals surface area contributed by atoms with Gasteiger partial charge < -0.3 is 5.32 Å². The van der Waals surface area contributed by atoms with Crippen molar-refractivity contribution in [1.82, 2.24) is 5.32 Å². The van der Waals surface area contributed by atoms with Crippen molar-refractivity contribution in [2.45, 2.75) is 19.3 Å². The van der Waals surface area contributed by atoms with Crippen LogP contribution in [-0.4, -0.2) is 13.1 Å². The molecule has 0 radical (unpaired) electrons. The fourth-order valence-corrected chi connectivity index (χ4v) is 2.37. The van der Waals surface area contributed by atoms with Crippen LogP contribution >= 0.6 is 0 Å². The van der Waals surface area contributed by atoms with Gasteiger partial charge in [0, 0.05) is 12.5 Å². The predicted molar refractivity (Wildman–Crippen MR) is 77.7 cm³/mol. The molecule has 0 spiro atoms. The van der Waals surface area contributed by atoms with E-state index in [-0.39, 0.29) is 11.7 Å². The summed E-state index contributed by atoms with van der Waals surface area (Å²) in [6, 6.07) is 10.4. The Hall–Kier alpha value is -1.81. The number of benzene rings is 2. The molecule has 4 heteroatoms. The Balaban J connectivity index is 2.24. The number of hydrogen-bond acceptors (Lipinski definition) is 1. The van der Waals surface area contributed by atoms with Crippen LogP contribution in [-0.2, 0) is 6.42 Å². The van der Waals surface area contributed by atoms with E-state index >= 15 is 0 Å². The Morgan fingerprint density at radius 1 is 0.952 bits per heavy atom. The van der Waals surface area contributed by atoms with Crippen molar-refractivity contribution >= 4 is 0 Å². The van der Waals surface area contributed by atoms with Crippen LogP contribution < -0.4 is 5.32 Å². The second kappa shape index (κ2) is 7.27. The molecule has 1 N–H and O–H groups in total. The molecule has 0 aliphatic rings. The number of hydrogen-bond donors (Lipinski definition) is 1. The zero-order valence-electron chi connectivity index (χ0n) is 11.9.